The Hall–Kier alpha value is -2.59. The summed E-state index contributed by atoms with van der Waals surface area (Å²) in [4.78, 5) is 12.7. The highest BCUT2D eigenvalue weighted by atomic mass is 35.5. The normalized spacial score (nSPS) is 10.8. The molecule has 3 aromatic rings. The fourth-order valence-electron chi connectivity index (χ4n) is 3.00. The molecule has 3 rings (SSSR count). The van der Waals surface area contributed by atoms with Gasteiger partial charge in [-0.25, -0.2) is 0 Å². The lowest BCUT2D eigenvalue weighted by Crippen LogP contribution is -2.15. The van der Waals surface area contributed by atoms with E-state index >= 15 is 0 Å². The van der Waals surface area contributed by atoms with Gasteiger partial charge in [-0.05, 0) is 57.0 Å². The van der Waals surface area contributed by atoms with Crippen LogP contribution in [0.4, 0.5) is 5.69 Å². The molecule has 0 saturated heterocycles. The lowest BCUT2D eigenvalue weighted by Gasteiger charge is -2.10. The quantitative estimate of drug-likeness (QED) is 0.699. The van der Waals surface area contributed by atoms with E-state index in [0.29, 0.717) is 17.1 Å². The third-order valence-corrected chi connectivity index (χ3v) is 4.71. The van der Waals surface area contributed by atoms with Gasteiger partial charge < -0.3 is 5.32 Å². The predicted molar refractivity (Wildman–Crippen MR) is 106 cm³/mol. The Kier molecular flexibility index (Phi) is 5.14. The first kappa shape index (κ1) is 18.2. The predicted octanol–water partition coefficient (Wildman–Crippen LogP) is 5.07. The van der Waals surface area contributed by atoms with Crippen molar-refractivity contribution in [3.8, 4) is 0 Å². The highest BCUT2D eigenvalue weighted by molar-refractivity contribution is 6.30. The van der Waals surface area contributed by atoms with Crippen molar-refractivity contribution in [3.05, 3.63) is 81.1 Å². The van der Waals surface area contributed by atoms with Crippen molar-refractivity contribution >= 4 is 23.2 Å². The molecule has 0 saturated carbocycles. The van der Waals surface area contributed by atoms with E-state index in [1.165, 1.54) is 0 Å². The number of rotatable bonds is 4. The van der Waals surface area contributed by atoms with Crippen LogP contribution in [0.25, 0.3) is 0 Å². The minimum Gasteiger partial charge on any atom is -0.319 e. The molecule has 4 nitrogen and oxygen atoms in total. The molecule has 1 aromatic heterocycles. The molecule has 0 aliphatic carbocycles. The molecule has 134 valence electrons. The number of carbonyl (C=O) groups is 1. The van der Waals surface area contributed by atoms with Gasteiger partial charge in [0.1, 0.15) is 0 Å². The summed E-state index contributed by atoms with van der Waals surface area (Å²) in [7, 11) is 0. The smallest absolute Gasteiger partial charge is 0.256 e. The van der Waals surface area contributed by atoms with Crippen molar-refractivity contribution in [1.29, 1.82) is 0 Å². The van der Waals surface area contributed by atoms with Gasteiger partial charge in [-0.1, -0.05) is 41.4 Å². The summed E-state index contributed by atoms with van der Waals surface area (Å²) in [6.45, 7) is 8.39. The number of anilines is 1. The van der Waals surface area contributed by atoms with E-state index in [4.69, 9.17) is 11.6 Å². The van der Waals surface area contributed by atoms with Gasteiger partial charge >= 0.3 is 0 Å². The first-order chi connectivity index (χ1) is 12.3. The van der Waals surface area contributed by atoms with Crippen LogP contribution in [-0.4, -0.2) is 15.7 Å². The number of halogens is 1. The SMILES string of the molecule is Cc1ccc(C)c(C(=O)Nc2c(C)nn(Cc3cccc(Cl)c3)c2C)c1. The van der Waals surface area contributed by atoms with Crippen LogP contribution in [-0.2, 0) is 6.54 Å². The Morgan fingerprint density at radius 1 is 1.12 bits per heavy atom. The summed E-state index contributed by atoms with van der Waals surface area (Å²) in [5.74, 6) is -0.111. The van der Waals surface area contributed by atoms with E-state index < -0.39 is 0 Å². The number of nitrogens with zero attached hydrogens (tertiary/aromatic N) is 2. The standard InChI is InChI=1S/C21H22ClN3O/c1-13-8-9-14(2)19(10-13)21(26)23-20-15(3)24-25(16(20)4)12-17-6-5-7-18(22)11-17/h5-11H,12H2,1-4H3,(H,23,26). The monoisotopic (exact) mass is 367 g/mol. The summed E-state index contributed by atoms with van der Waals surface area (Å²) in [6, 6.07) is 13.6. The molecule has 0 unspecified atom stereocenters. The van der Waals surface area contributed by atoms with Crippen LogP contribution in [0.3, 0.4) is 0 Å². The van der Waals surface area contributed by atoms with Gasteiger partial charge in [0.05, 0.1) is 23.6 Å². The Balaban J connectivity index is 1.86. The summed E-state index contributed by atoms with van der Waals surface area (Å²) in [5, 5.41) is 8.31. The Morgan fingerprint density at radius 2 is 1.88 bits per heavy atom. The summed E-state index contributed by atoms with van der Waals surface area (Å²) in [6.07, 6.45) is 0. The second-order valence-corrected chi connectivity index (χ2v) is 7.04. The molecule has 2 aromatic carbocycles. The van der Waals surface area contributed by atoms with Gasteiger partial charge in [0.25, 0.3) is 5.91 Å². The second-order valence-electron chi connectivity index (χ2n) is 6.61. The van der Waals surface area contributed by atoms with E-state index in [2.05, 4.69) is 10.4 Å². The van der Waals surface area contributed by atoms with Crippen molar-refractivity contribution in [2.75, 3.05) is 5.32 Å². The third-order valence-electron chi connectivity index (χ3n) is 4.48. The highest BCUT2D eigenvalue weighted by Gasteiger charge is 2.16. The molecule has 26 heavy (non-hydrogen) atoms. The van der Waals surface area contributed by atoms with Crippen LogP contribution in [0, 0.1) is 27.7 Å². The number of hydrogen-bond donors (Lipinski definition) is 1. The second kappa shape index (κ2) is 7.34. The first-order valence-corrected chi connectivity index (χ1v) is 8.90. The number of carbonyl (C=O) groups excluding carboxylic acids is 1. The number of aromatic nitrogens is 2. The number of nitrogens with one attached hydrogen (secondary N) is 1. The largest absolute Gasteiger partial charge is 0.319 e. The number of hydrogen-bond acceptors (Lipinski definition) is 2. The van der Waals surface area contributed by atoms with E-state index in [1.54, 1.807) is 0 Å². The zero-order chi connectivity index (χ0) is 18.8. The zero-order valence-electron chi connectivity index (χ0n) is 15.4. The molecular formula is C21H22ClN3O. The third kappa shape index (κ3) is 3.81. The minimum absolute atomic E-state index is 0.111. The van der Waals surface area contributed by atoms with Gasteiger partial charge in [0.15, 0.2) is 0 Å². The summed E-state index contributed by atoms with van der Waals surface area (Å²) in [5.41, 5.74) is 6.24. The first-order valence-electron chi connectivity index (χ1n) is 8.52. The molecule has 0 radical (unpaired) electrons. The average molecular weight is 368 g/mol. The molecule has 1 heterocycles. The molecule has 0 aliphatic heterocycles. The maximum Gasteiger partial charge on any atom is 0.256 e. The van der Waals surface area contributed by atoms with Crippen molar-refractivity contribution in [2.24, 2.45) is 0 Å². The van der Waals surface area contributed by atoms with Gasteiger partial charge in [-0.3, -0.25) is 9.48 Å². The van der Waals surface area contributed by atoms with Gasteiger partial charge in [0.2, 0.25) is 0 Å². The average Bonchev–Trinajstić information content (AvgIpc) is 2.84. The van der Waals surface area contributed by atoms with Gasteiger partial charge in [-0.15, -0.1) is 0 Å². The maximum atomic E-state index is 12.7. The fourth-order valence-corrected chi connectivity index (χ4v) is 3.21. The van der Waals surface area contributed by atoms with Crippen LogP contribution in [0.1, 0.15) is 38.4 Å². The topological polar surface area (TPSA) is 46.9 Å². The van der Waals surface area contributed by atoms with Crippen LogP contribution in [0.5, 0.6) is 0 Å². The van der Waals surface area contributed by atoms with Crippen LogP contribution < -0.4 is 5.32 Å². The van der Waals surface area contributed by atoms with E-state index in [1.807, 2.05) is 74.8 Å². The molecule has 0 atom stereocenters. The Labute approximate surface area is 158 Å². The zero-order valence-corrected chi connectivity index (χ0v) is 16.2. The maximum absolute atomic E-state index is 12.7. The molecule has 5 heteroatoms. The number of aryl methyl sites for hydroxylation is 3. The molecule has 0 bridgehead atoms. The summed E-state index contributed by atoms with van der Waals surface area (Å²) < 4.78 is 1.89. The molecule has 0 aliphatic rings. The minimum atomic E-state index is -0.111. The number of amides is 1. The lowest BCUT2D eigenvalue weighted by molar-refractivity contribution is 0.102. The number of benzene rings is 2. The molecule has 0 fully saturated rings. The van der Waals surface area contributed by atoms with Crippen molar-refractivity contribution < 1.29 is 4.79 Å². The van der Waals surface area contributed by atoms with E-state index in [0.717, 1.165) is 33.8 Å². The summed E-state index contributed by atoms with van der Waals surface area (Å²) >= 11 is 6.06. The van der Waals surface area contributed by atoms with Crippen molar-refractivity contribution in [2.45, 2.75) is 34.2 Å². The lowest BCUT2D eigenvalue weighted by atomic mass is 10.0. The van der Waals surface area contributed by atoms with Gasteiger partial charge in [-0.2, -0.15) is 5.10 Å². The van der Waals surface area contributed by atoms with Crippen molar-refractivity contribution in [3.63, 3.8) is 0 Å². The molecule has 1 N–H and O–H groups in total. The van der Waals surface area contributed by atoms with Crippen LogP contribution >= 0.6 is 11.6 Å². The van der Waals surface area contributed by atoms with E-state index in [-0.39, 0.29) is 5.91 Å². The highest BCUT2D eigenvalue weighted by Crippen LogP contribution is 2.23. The molecular weight excluding hydrogens is 346 g/mol. The van der Waals surface area contributed by atoms with E-state index in [9.17, 15) is 4.79 Å². The van der Waals surface area contributed by atoms with Crippen LogP contribution in [0.15, 0.2) is 42.5 Å². The Bertz CT molecular complexity index is 975. The van der Waals surface area contributed by atoms with Crippen LogP contribution in [0.2, 0.25) is 5.02 Å². The molecule has 0 spiro atoms. The Morgan fingerprint density at radius 3 is 2.62 bits per heavy atom. The van der Waals surface area contributed by atoms with Crippen molar-refractivity contribution in [1.82, 2.24) is 9.78 Å². The van der Waals surface area contributed by atoms with Gasteiger partial charge in [0, 0.05) is 10.6 Å². The fraction of sp³-hybridized carbons (Fsp3) is 0.238. The molecule has 1 amide bonds.